The topological polar surface area (TPSA) is 58.2 Å². The molecule has 1 aromatic carbocycles. The number of rotatable bonds is 5. The van der Waals surface area contributed by atoms with Gasteiger partial charge in [-0.25, -0.2) is 0 Å². The second kappa shape index (κ2) is 6.48. The normalized spacial score (nSPS) is 10.5. The van der Waals surface area contributed by atoms with Gasteiger partial charge in [-0.05, 0) is 0 Å². The molecule has 0 atom stereocenters. The van der Waals surface area contributed by atoms with Crippen LogP contribution in [0.5, 0.6) is 0 Å². The Kier molecular flexibility index (Phi) is 4.94. The number of carbonyl (C=O) groups is 2. The highest BCUT2D eigenvalue weighted by Crippen LogP contribution is 1.99. The molecule has 0 heterocycles. The summed E-state index contributed by atoms with van der Waals surface area (Å²) in [5.74, 6) is -0.334. The first kappa shape index (κ1) is 13.0. The van der Waals surface area contributed by atoms with Crippen molar-refractivity contribution in [1.82, 2.24) is 10.9 Å². The summed E-state index contributed by atoms with van der Waals surface area (Å²) < 4.78 is 0. The third-order valence-corrected chi connectivity index (χ3v) is 2.10. The molecule has 17 heavy (non-hydrogen) atoms. The summed E-state index contributed by atoms with van der Waals surface area (Å²) in [6.45, 7) is 3.58. The van der Waals surface area contributed by atoms with Gasteiger partial charge in [0.1, 0.15) is 0 Å². The molecular weight excluding hydrogens is 216 g/mol. The van der Waals surface area contributed by atoms with Gasteiger partial charge in [0.05, 0.1) is 0 Å². The van der Waals surface area contributed by atoms with E-state index in [-0.39, 0.29) is 17.6 Å². The van der Waals surface area contributed by atoms with Crippen LogP contribution in [0.4, 0.5) is 0 Å². The number of allylic oxidation sites excluding steroid dienone is 1. The second-order valence-corrected chi connectivity index (χ2v) is 3.85. The van der Waals surface area contributed by atoms with Gasteiger partial charge in [-0.2, -0.15) is 0 Å². The minimum atomic E-state index is -0.123. The molecule has 0 saturated carbocycles. The molecule has 0 aliphatic carbocycles. The van der Waals surface area contributed by atoms with E-state index < -0.39 is 0 Å². The zero-order valence-corrected chi connectivity index (χ0v) is 9.94. The fraction of sp³-hybridized carbons (Fsp3) is 0.231. The Hall–Kier alpha value is -2.10. The minimum Gasteiger partial charge on any atom is -0.306 e. The van der Waals surface area contributed by atoms with E-state index in [2.05, 4.69) is 10.9 Å². The van der Waals surface area contributed by atoms with Crippen LogP contribution in [0.1, 0.15) is 24.2 Å². The highest BCUT2D eigenvalue weighted by Gasteiger charge is 2.04. The van der Waals surface area contributed by atoms with E-state index in [0.717, 1.165) is 0 Å². The maximum absolute atomic E-state index is 11.6. The number of nitrogens with one attached hydrogen (secondary N) is 2. The summed E-state index contributed by atoms with van der Waals surface area (Å²) in [6.07, 6.45) is 2.78. The SMILES string of the molecule is CC(C)C(=O)NNC=CC(=O)c1ccccc1. The Bertz CT molecular complexity index is 411. The molecule has 0 spiro atoms. The summed E-state index contributed by atoms with van der Waals surface area (Å²) in [5, 5.41) is 0. The summed E-state index contributed by atoms with van der Waals surface area (Å²) in [5.41, 5.74) is 5.64. The molecule has 0 fully saturated rings. The van der Waals surface area contributed by atoms with Crippen molar-refractivity contribution in [3.8, 4) is 0 Å². The van der Waals surface area contributed by atoms with Crippen molar-refractivity contribution in [1.29, 1.82) is 0 Å². The van der Waals surface area contributed by atoms with Gasteiger partial charge in [0.15, 0.2) is 5.78 Å². The fourth-order valence-corrected chi connectivity index (χ4v) is 1.07. The van der Waals surface area contributed by atoms with Crippen LogP contribution in [0.15, 0.2) is 42.6 Å². The molecular formula is C13H16N2O2. The molecule has 4 heteroatoms. The van der Waals surface area contributed by atoms with Gasteiger partial charge >= 0.3 is 0 Å². The lowest BCUT2D eigenvalue weighted by Crippen LogP contribution is -2.36. The number of hydrogen-bond acceptors (Lipinski definition) is 3. The lowest BCUT2D eigenvalue weighted by atomic mass is 10.1. The van der Waals surface area contributed by atoms with Crippen LogP contribution in [-0.2, 0) is 4.79 Å². The summed E-state index contributed by atoms with van der Waals surface area (Å²) in [4.78, 5) is 22.7. The predicted molar refractivity (Wildman–Crippen MR) is 66.0 cm³/mol. The van der Waals surface area contributed by atoms with Crippen LogP contribution >= 0.6 is 0 Å². The van der Waals surface area contributed by atoms with E-state index in [4.69, 9.17) is 0 Å². The molecule has 0 radical (unpaired) electrons. The average molecular weight is 232 g/mol. The molecule has 0 aliphatic heterocycles. The predicted octanol–water partition coefficient (Wildman–Crippen LogP) is 1.66. The summed E-state index contributed by atoms with van der Waals surface area (Å²) in [6, 6.07) is 8.92. The first-order valence-corrected chi connectivity index (χ1v) is 5.42. The van der Waals surface area contributed by atoms with Crippen LogP contribution in [-0.4, -0.2) is 11.7 Å². The Labute approximate surface area is 101 Å². The van der Waals surface area contributed by atoms with E-state index in [9.17, 15) is 9.59 Å². The van der Waals surface area contributed by atoms with Gasteiger partial charge in [-0.3, -0.25) is 15.0 Å². The van der Waals surface area contributed by atoms with Crippen molar-refractivity contribution in [2.75, 3.05) is 0 Å². The monoisotopic (exact) mass is 232 g/mol. The zero-order valence-electron chi connectivity index (χ0n) is 9.94. The molecule has 4 nitrogen and oxygen atoms in total. The molecule has 0 unspecified atom stereocenters. The van der Waals surface area contributed by atoms with Gasteiger partial charge in [-0.1, -0.05) is 44.2 Å². The third kappa shape index (κ3) is 4.51. The Morgan fingerprint density at radius 1 is 1.18 bits per heavy atom. The number of hydrogen-bond donors (Lipinski definition) is 2. The summed E-state index contributed by atoms with van der Waals surface area (Å²) in [7, 11) is 0. The Morgan fingerprint density at radius 3 is 2.41 bits per heavy atom. The van der Waals surface area contributed by atoms with Crippen molar-refractivity contribution in [2.24, 2.45) is 5.92 Å². The number of ketones is 1. The van der Waals surface area contributed by atoms with Gasteiger partial charge in [0, 0.05) is 23.8 Å². The molecule has 1 rings (SSSR count). The number of benzene rings is 1. The van der Waals surface area contributed by atoms with Crippen LogP contribution in [0.25, 0.3) is 0 Å². The van der Waals surface area contributed by atoms with Crippen molar-refractivity contribution >= 4 is 11.7 Å². The van der Waals surface area contributed by atoms with E-state index in [1.54, 1.807) is 38.1 Å². The van der Waals surface area contributed by atoms with E-state index in [1.165, 1.54) is 12.3 Å². The van der Waals surface area contributed by atoms with Crippen LogP contribution in [0, 0.1) is 5.92 Å². The summed E-state index contributed by atoms with van der Waals surface area (Å²) >= 11 is 0. The second-order valence-electron chi connectivity index (χ2n) is 3.85. The minimum absolute atomic E-state index is 0.0966. The largest absolute Gasteiger partial charge is 0.306 e. The third-order valence-electron chi connectivity index (χ3n) is 2.10. The van der Waals surface area contributed by atoms with Gasteiger partial charge in [0.2, 0.25) is 5.91 Å². The molecule has 1 amide bonds. The first-order valence-electron chi connectivity index (χ1n) is 5.42. The lowest BCUT2D eigenvalue weighted by molar-refractivity contribution is -0.124. The average Bonchev–Trinajstić information content (AvgIpc) is 2.35. The standard InChI is InChI=1S/C13H16N2O2/c1-10(2)13(17)15-14-9-8-12(16)11-6-4-3-5-7-11/h3-10,14H,1-2H3,(H,15,17). The molecule has 0 aromatic heterocycles. The number of amides is 1. The maximum atomic E-state index is 11.6. The number of hydrazine groups is 1. The molecule has 2 N–H and O–H groups in total. The van der Waals surface area contributed by atoms with E-state index in [0.29, 0.717) is 5.56 Å². The highest BCUT2D eigenvalue weighted by molar-refractivity contribution is 6.04. The maximum Gasteiger partial charge on any atom is 0.240 e. The molecule has 0 saturated heterocycles. The lowest BCUT2D eigenvalue weighted by Gasteiger charge is -2.05. The Morgan fingerprint density at radius 2 is 1.82 bits per heavy atom. The molecule has 90 valence electrons. The van der Waals surface area contributed by atoms with Crippen LogP contribution < -0.4 is 10.9 Å². The van der Waals surface area contributed by atoms with Gasteiger partial charge < -0.3 is 5.43 Å². The zero-order chi connectivity index (χ0) is 12.7. The molecule has 1 aromatic rings. The Balaban J connectivity index is 2.40. The number of carbonyl (C=O) groups excluding carboxylic acids is 2. The first-order chi connectivity index (χ1) is 8.11. The van der Waals surface area contributed by atoms with Crippen LogP contribution in [0.2, 0.25) is 0 Å². The smallest absolute Gasteiger partial charge is 0.240 e. The van der Waals surface area contributed by atoms with Crippen LogP contribution in [0.3, 0.4) is 0 Å². The van der Waals surface area contributed by atoms with E-state index in [1.807, 2.05) is 6.07 Å². The van der Waals surface area contributed by atoms with Crippen molar-refractivity contribution < 1.29 is 9.59 Å². The van der Waals surface area contributed by atoms with Gasteiger partial charge in [0.25, 0.3) is 0 Å². The quantitative estimate of drug-likeness (QED) is 0.461. The van der Waals surface area contributed by atoms with Crippen molar-refractivity contribution in [3.63, 3.8) is 0 Å². The van der Waals surface area contributed by atoms with Gasteiger partial charge in [-0.15, -0.1) is 0 Å². The molecule has 0 bridgehead atoms. The highest BCUT2D eigenvalue weighted by atomic mass is 16.2. The van der Waals surface area contributed by atoms with Crippen molar-refractivity contribution in [3.05, 3.63) is 48.2 Å². The fourth-order valence-electron chi connectivity index (χ4n) is 1.07. The molecule has 0 aliphatic rings. The van der Waals surface area contributed by atoms with Crippen molar-refractivity contribution in [2.45, 2.75) is 13.8 Å². The van der Waals surface area contributed by atoms with E-state index >= 15 is 0 Å².